The Morgan fingerprint density at radius 1 is 0.971 bits per heavy atom. The predicted molar refractivity (Wildman–Crippen MR) is 135 cm³/mol. The predicted octanol–water partition coefficient (Wildman–Crippen LogP) is 4.85. The van der Waals surface area contributed by atoms with Gasteiger partial charge in [0, 0.05) is 38.2 Å². The Morgan fingerprint density at radius 3 is 2.51 bits per heavy atom. The van der Waals surface area contributed by atoms with Gasteiger partial charge in [0.05, 0.1) is 6.61 Å². The van der Waals surface area contributed by atoms with Gasteiger partial charge in [-0.2, -0.15) is 0 Å². The number of hydrogen-bond acceptors (Lipinski definition) is 4. The summed E-state index contributed by atoms with van der Waals surface area (Å²) in [5.41, 5.74) is 2.02. The summed E-state index contributed by atoms with van der Waals surface area (Å²) in [6.45, 7) is 5.06. The van der Waals surface area contributed by atoms with E-state index in [4.69, 9.17) is 4.74 Å². The second kappa shape index (κ2) is 12.7. The first-order chi connectivity index (χ1) is 17.1. The molecule has 0 radical (unpaired) electrons. The number of rotatable bonds is 10. The van der Waals surface area contributed by atoms with Crippen LogP contribution >= 0.6 is 0 Å². The molecular formula is C28H36FN3O3. The molecule has 2 amide bonds. The maximum absolute atomic E-state index is 13.6. The molecule has 4 rings (SSSR count). The van der Waals surface area contributed by atoms with Gasteiger partial charge in [-0.1, -0.05) is 30.7 Å². The van der Waals surface area contributed by atoms with E-state index < -0.39 is 0 Å². The minimum Gasteiger partial charge on any atom is -0.491 e. The van der Waals surface area contributed by atoms with Crippen LogP contribution in [0.4, 0.5) is 10.1 Å². The van der Waals surface area contributed by atoms with Crippen molar-refractivity contribution in [3.05, 3.63) is 59.9 Å². The van der Waals surface area contributed by atoms with Crippen molar-refractivity contribution in [1.82, 2.24) is 9.80 Å². The standard InChI is InChI=1S/C28H36FN3O3/c29-25-6-2-3-7-26(25)35-19-15-23-14-18-32(21-23)28(34)13-12-27(33)30-24-10-8-22(9-11-24)20-31-16-4-1-5-17-31/h2-3,6-11,23H,1,4-5,12-21H2,(H,30,33). The number of piperidine rings is 1. The molecule has 2 heterocycles. The summed E-state index contributed by atoms with van der Waals surface area (Å²) in [4.78, 5) is 29.2. The fourth-order valence-corrected chi connectivity index (χ4v) is 4.86. The number of amides is 2. The number of para-hydroxylation sites is 1. The largest absolute Gasteiger partial charge is 0.491 e. The van der Waals surface area contributed by atoms with Crippen LogP contribution in [0.2, 0.25) is 0 Å². The van der Waals surface area contributed by atoms with Crippen LogP contribution in [-0.4, -0.2) is 54.4 Å². The third kappa shape index (κ3) is 7.79. The molecule has 2 aliphatic heterocycles. The van der Waals surface area contributed by atoms with E-state index >= 15 is 0 Å². The lowest BCUT2D eigenvalue weighted by Crippen LogP contribution is -2.29. The van der Waals surface area contributed by atoms with E-state index in [1.807, 2.05) is 17.0 Å². The van der Waals surface area contributed by atoms with E-state index in [2.05, 4.69) is 22.3 Å². The first-order valence-electron chi connectivity index (χ1n) is 12.8. The van der Waals surface area contributed by atoms with E-state index in [-0.39, 0.29) is 36.2 Å². The van der Waals surface area contributed by atoms with Crippen molar-refractivity contribution >= 4 is 17.5 Å². The van der Waals surface area contributed by atoms with Gasteiger partial charge in [0.25, 0.3) is 0 Å². The van der Waals surface area contributed by atoms with Gasteiger partial charge in [0.2, 0.25) is 11.8 Å². The first kappa shape index (κ1) is 25.2. The second-order valence-corrected chi connectivity index (χ2v) is 9.64. The Balaban J connectivity index is 1.12. The van der Waals surface area contributed by atoms with E-state index in [1.54, 1.807) is 18.2 Å². The van der Waals surface area contributed by atoms with Crippen molar-refractivity contribution < 1.29 is 18.7 Å². The van der Waals surface area contributed by atoms with E-state index in [1.165, 1.54) is 30.9 Å². The van der Waals surface area contributed by atoms with Crippen LogP contribution < -0.4 is 10.1 Å². The van der Waals surface area contributed by atoms with Crippen LogP contribution in [0.25, 0.3) is 0 Å². The van der Waals surface area contributed by atoms with Crippen molar-refractivity contribution in [2.24, 2.45) is 5.92 Å². The maximum Gasteiger partial charge on any atom is 0.224 e. The van der Waals surface area contributed by atoms with E-state index in [9.17, 15) is 14.0 Å². The lowest BCUT2D eigenvalue weighted by Gasteiger charge is -2.26. The fraction of sp³-hybridized carbons (Fsp3) is 0.500. The van der Waals surface area contributed by atoms with Gasteiger partial charge in [-0.3, -0.25) is 14.5 Å². The number of hydrogen-bond donors (Lipinski definition) is 1. The van der Waals surface area contributed by atoms with Crippen molar-refractivity contribution in [2.75, 3.05) is 38.1 Å². The minimum atomic E-state index is -0.359. The first-order valence-corrected chi connectivity index (χ1v) is 12.8. The molecule has 7 heteroatoms. The summed E-state index contributed by atoms with van der Waals surface area (Å²) >= 11 is 0. The number of nitrogens with zero attached hydrogens (tertiary/aromatic N) is 2. The van der Waals surface area contributed by atoms with E-state index in [0.717, 1.165) is 38.2 Å². The zero-order valence-electron chi connectivity index (χ0n) is 20.4. The van der Waals surface area contributed by atoms with Crippen LogP contribution in [0.3, 0.4) is 0 Å². The normalized spacial score (nSPS) is 18.4. The highest BCUT2D eigenvalue weighted by Gasteiger charge is 2.26. The van der Waals surface area contributed by atoms with Gasteiger partial charge in [0.15, 0.2) is 11.6 Å². The quantitative estimate of drug-likeness (QED) is 0.527. The van der Waals surface area contributed by atoms with Gasteiger partial charge in [-0.25, -0.2) is 4.39 Å². The lowest BCUT2D eigenvalue weighted by atomic mass is 10.1. The molecule has 0 spiro atoms. The second-order valence-electron chi connectivity index (χ2n) is 9.64. The number of anilines is 1. The molecule has 0 saturated carbocycles. The number of halogens is 1. The fourth-order valence-electron chi connectivity index (χ4n) is 4.86. The third-order valence-electron chi connectivity index (χ3n) is 6.92. The van der Waals surface area contributed by atoms with Gasteiger partial charge in [-0.05, 0) is 74.5 Å². The molecular weight excluding hydrogens is 445 g/mol. The average molecular weight is 482 g/mol. The van der Waals surface area contributed by atoms with Crippen molar-refractivity contribution in [3.63, 3.8) is 0 Å². The minimum absolute atomic E-state index is 0.00884. The Morgan fingerprint density at radius 2 is 1.74 bits per heavy atom. The monoisotopic (exact) mass is 481 g/mol. The molecule has 188 valence electrons. The molecule has 0 bridgehead atoms. The highest BCUT2D eigenvalue weighted by molar-refractivity contribution is 5.93. The molecule has 1 atom stereocenters. The van der Waals surface area contributed by atoms with Crippen molar-refractivity contribution in [1.29, 1.82) is 0 Å². The molecule has 2 aliphatic rings. The summed E-state index contributed by atoms with van der Waals surface area (Å²) in [6, 6.07) is 14.4. The highest BCUT2D eigenvalue weighted by Crippen LogP contribution is 2.22. The molecule has 35 heavy (non-hydrogen) atoms. The maximum atomic E-state index is 13.6. The Kier molecular flexibility index (Phi) is 9.12. The SMILES string of the molecule is O=C(CCC(=O)N1CCC(CCOc2ccccc2F)C1)Nc1ccc(CN2CCCCC2)cc1. The highest BCUT2D eigenvalue weighted by atomic mass is 19.1. The summed E-state index contributed by atoms with van der Waals surface area (Å²) in [7, 11) is 0. The summed E-state index contributed by atoms with van der Waals surface area (Å²) in [6.07, 6.45) is 5.93. The average Bonchev–Trinajstić information content (AvgIpc) is 3.35. The Bertz CT molecular complexity index is 976. The van der Waals surface area contributed by atoms with Crippen LogP contribution in [0.15, 0.2) is 48.5 Å². The number of carbonyl (C=O) groups excluding carboxylic acids is 2. The number of carbonyl (C=O) groups is 2. The molecule has 1 N–H and O–H groups in total. The zero-order chi connectivity index (χ0) is 24.5. The van der Waals surface area contributed by atoms with Crippen LogP contribution in [-0.2, 0) is 16.1 Å². The Labute approximate surface area is 207 Å². The smallest absolute Gasteiger partial charge is 0.224 e. The van der Waals surface area contributed by atoms with Crippen molar-refractivity contribution in [2.45, 2.75) is 51.5 Å². The Hall–Kier alpha value is -2.93. The van der Waals surface area contributed by atoms with E-state index in [0.29, 0.717) is 25.6 Å². The number of nitrogens with one attached hydrogen (secondary N) is 1. The van der Waals surface area contributed by atoms with Crippen molar-refractivity contribution in [3.8, 4) is 5.75 Å². The molecule has 2 saturated heterocycles. The van der Waals surface area contributed by atoms with Gasteiger partial charge in [-0.15, -0.1) is 0 Å². The lowest BCUT2D eigenvalue weighted by molar-refractivity contribution is -0.132. The van der Waals surface area contributed by atoms with Gasteiger partial charge in [0.1, 0.15) is 0 Å². The topological polar surface area (TPSA) is 61.9 Å². The molecule has 2 aromatic rings. The molecule has 0 aliphatic carbocycles. The molecule has 2 aromatic carbocycles. The van der Waals surface area contributed by atoms with Crippen LogP contribution in [0, 0.1) is 11.7 Å². The third-order valence-corrected chi connectivity index (χ3v) is 6.92. The summed E-state index contributed by atoms with van der Waals surface area (Å²) < 4.78 is 19.2. The molecule has 1 unspecified atom stereocenters. The summed E-state index contributed by atoms with van der Waals surface area (Å²) in [5.74, 6) is 0.109. The number of benzene rings is 2. The van der Waals surface area contributed by atoms with Crippen LogP contribution in [0.1, 0.15) is 50.5 Å². The van der Waals surface area contributed by atoms with Crippen LogP contribution in [0.5, 0.6) is 5.75 Å². The molecule has 2 fully saturated rings. The van der Waals surface area contributed by atoms with Gasteiger partial charge < -0.3 is 15.0 Å². The zero-order valence-corrected chi connectivity index (χ0v) is 20.4. The van der Waals surface area contributed by atoms with Gasteiger partial charge >= 0.3 is 0 Å². The number of likely N-dealkylation sites (tertiary alicyclic amines) is 2. The number of ether oxygens (including phenoxy) is 1. The summed E-state index contributed by atoms with van der Waals surface area (Å²) in [5, 5.41) is 2.91. The molecule has 6 nitrogen and oxygen atoms in total. The molecule has 0 aromatic heterocycles.